The molecule has 0 radical (unpaired) electrons. The van der Waals surface area contributed by atoms with Gasteiger partial charge >= 0.3 is 0 Å². The molecule has 0 aliphatic carbocycles. The average Bonchev–Trinajstić information content (AvgIpc) is 2.88. The van der Waals surface area contributed by atoms with Gasteiger partial charge in [-0.2, -0.15) is 0 Å². The van der Waals surface area contributed by atoms with Crippen LogP contribution >= 0.6 is 11.6 Å². The third-order valence-corrected chi connectivity index (χ3v) is 7.34. The zero-order valence-corrected chi connectivity index (χ0v) is 24.1. The van der Waals surface area contributed by atoms with Crippen molar-refractivity contribution in [1.82, 2.24) is 10.2 Å². The largest absolute Gasteiger partial charge is 0.495 e. The quantitative estimate of drug-likeness (QED) is 0.350. The molecular weight excluding hydrogens is 538 g/mol. The van der Waals surface area contributed by atoms with Crippen LogP contribution in [0, 0.1) is 0 Å². The molecule has 39 heavy (non-hydrogen) atoms. The van der Waals surface area contributed by atoms with E-state index in [2.05, 4.69) is 5.32 Å². The van der Waals surface area contributed by atoms with Gasteiger partial charge in [0.2, 0.25) is 21.8 Å². The second-order valence-corrected chi connectivity index (χ2v) is 11.8. The fourth-order valence-corrected chi connectivity index (χ4v) is 5.26. The highest BCUT2D eigenvalue weighted by Gasteiger charge is 2.33. The number of nitrogens with zero attached hydrogens (tertiary/aromatic N) is 2. The molecular formula is C29H34ClN3O5S. The highest BCUT2D eigenvalue weighted by Crippen LogP contribution is 2.30. The van der Waals surface area contributed by atoms with Gasteiger partial charge in [0.1, 0.15) is 18.3 Å². The number of sulfonamides is 1. The van der Waals surface area contributed by atoms with E-state index in [4.69, 9.17) is 16.3 Å². The normalized spacial score (nSPS) is 12.1. The topological polar surface area (TPSA) is 96.0 Å². The van der Waals surface area contributed by atoms with Crippen molar-refractivity contribution < 1.29 is 22.7 Å². The van der Waals surface area contributed by atoms with E-state index in [1.165, 1.54) is 12.0 Å². The molecule has 0 unspecified atom stereocenters. The number of ether oxygens (including phenoxy) is 1. The zero-order chi connectivity index (χ0) is 28.6. The van der Waals surface area contributed by atoms with Crippen molar-refractivity contribution in [3.63, 3.8) is 0 Å². The summed E-state index contributed by atoms with van der Waals surface area (Å²) in [5.74, 6) is -0.589. The molecule has 0 fully saturated rings. The number of amides is 2. The molecule has 0 aliphatic heterocycles. The minimum Gasteiger partial charge on any atom is -0.495 e. The van der Waals surface area contributed by atoms with Crippen LogP contribution in [-0.2, 0) is 32.6 Å². The number of para-hydroxylation sites is 2. The van der Waals surface area contributed by atoms with Crippen LogP contribution in [0.25, 0.3) is 0 Å². The second-order valence-electron chi connectivity index (χ2n) is 9.46. The molecule has 3 aromatic carbocycles. The van der Waals surface area contributed by atoms with E-state index in [0.717, 1.165) is 16.1 Å². The highest BCUT2D eigenvalue weighted by atomic mass is 35.5. The molecule has 0 saturated heterocycles. The maximum absolute atomic E-state index is 14.1. The summed E-state index contributed by atoms with van der Waals surface area (Å²) in [7, 11) is -2.47. The molecule has 0 heterocycles. The lowest BCUT2D eigenvalue weighted by atomic mass is 10.0. The van der Waals surface area contributed by atoms with E-state index in [1.54, 1.807) is 48.5 Å². The van der Waals surface area contributed by atoms with Crippen molar-refractivity contribution in [2.24, 2.45) is 0 Å². The molecule has 208 valence electrons. The van der Waals surface area contributed by atoms with Gasteiger partial charge in [0.15, 0.2) is 0 Å². The van der Waals surface area contributed by atoms with Gasteiger partial charge in [0.05, 0.1) is 19.1 Å². The number of rotatable bonds is 12. The van der Waals surface area contributed by atoms with Crippen LogP contribution in [-0.4, -0.2) is 57.1 Å². The number of carbonyl (C=O) groups excluding carboxylic acids is 2. The van der Waals surface area contributed by atoms with Crippen molar-refractivity contribution in [3.05, 3.63) is 95.0 Å². The van der Waals surface area contributed by atoms with Crippen molar-refractivity contribution in [2.45, 2.75) is 38.9 Å². The van der Waals surface area contributed by atoms with Crippen molar-refractivity contribution in [2.75, 3.05) is 24.2 Å². The van der Waals surface area contributed by atoms with Gasteiger partial charge in [0, 0.05) is 24.0 Å². The Morgan fingerprint density at radius 3 is 2.21 bits per heavy atom. The molecule has 3 rings (SSSR count). The van der Waals surface area contributed by atoms with E-state index in [0.29, 0.717) is 16.3 Å². The summed E-state index contributed by atoms with van der Waals surface area (Å²) in [5, 5.41) is 3.40. The van der Waals surface area contributed by atoms with E-state index < -0.39 is 28.5 Å². The SMILES string of the molecule is COc1ccccc1N(CC(=O)N(Cc1cccc(Cl)c1)[C@H](Cc1ccccc1)C(=O)NC(C)C)S(C)(=O)=O. The monoisotopic (exact) mass is 571 g/mol. The average molecular weight is 572 g/mol. The Labute approximate surface area is 235 Å². The molecule has 0 spiro atoms. The second kappa shape index (κ2) is 13.5. The molecule has 0 saturated carbocycles. The van der Waals surface area contributed by atoms with Gasteiger partial charge in [-0.3, -0.25) is 13.9 Å². The molecule has 2 amide bonds. The Hall–Kier alpha value is -3.56. The molecule has 10 heteroatoms. The first-order valence-corrected chi connectivity index (χ1v) is 14.7. The first-order valence-electron chi connectivity index (χ1n) is 12.5. The molecule has 0 aromatic heterocycles. The van der Waals surface area contributed by atoms with E-state index in [9.17, 15) is 18.0 Å². The Bertz CT molecular complexity index is 1380. The summed E-state index contributed by atoms with van der Waals surface area (Å²) in [6.07, 6.45) is 1.26. The molecule has 1 atom stereocenters. The Kier molecular flexibility index (Phi) is 10.4. The van der Waals surface area contributed by atoms with Crippen LogP contribution in [0.1, 0.15) is 25.0 Å². The number of hydrogen-bond donors (Lipinski definition) is 1. The van der Waals surface area contributed by atoms with Crippen LogP contribution in [0.15, 0.2) is 78.9 Å². The highest BCUT2D eigenvalue weighted by molar-refractivity contribution is 7.92. The van der Waals surface area contributed by atoms with E-state index in [1.807, 2.05) is 44.2 Å². The minimum absolute atomic E-state index is 0.0476. The first-order chi connectivity index (χ1) is 18.5. The predicted molar refractivity (Wildman–Crippen MR) is 154 cm³/mol. The standard InChI is InChI=1S/C29H34ClN3O5S/c1-21(2)31-29(35)26(18-22-11-6-5-7-12-22)32(19-23-13-10-14-24(30)17-23)28(34)20-33(39(4,36)37)25-15-8-9-16-27(25)38-3/h5-17,21,26H,18-20H2,1-4H3,(H,31,35)/t26-/m1/s1. The minimum atomic E-state index is -3.90. The number of carbonyl (C=O) groups is 2. The summed E-state index contributed by atoms with van der Waals surface area (Å²) < 4.78 is 32.2. The molecule has 8 nitrogen and oxygen atoms in total. The molecule has 1 N–H and O–H groups in total. The summed E-state index contributed by atoms with van der Waals surface area (Å²) in [4.78, 5) is 29.0. The number of benzene rings is 3. The Morgan fingerprint density at radius 1 is 0.949 bits per heavy atom. The number of nitrogens with one attached hydrogen (secondary N) is 1. The van der Waals surface area contributed by atoms with Gasteiger partial charge < -0.3 is 15.0 Å². The van der Waals surface area contributed by atoms with Crippen LogP contribution in [0.5, 0.6) is 5.75 Å². The lowest BCUT2D eigenvalue weighted by Crippen LogP contribution is -2.54. The lowest BCUT2D eigenvalue weighted by Gasteiger charge is -2.34. The Balaban J connectivity index is 2.08. The molecule has 3 aromatic rings. The zero-order valence-electron chi connectivity index (χ0n) is 22.5. The third-order valence-electron chi connectivity index (χ3n) is 5.98. The third kappa shape index (κ3) is 8.46. The van der Waals surface area contributed by atoms with Crippen molar-refractivity contribution >= 4 is 39.1 Å². The van der Waals surface area contributed by atoms with E-state index >= 15 is 0 Å². The van der Waals surface area contributed by atoms with Crippen LogP contribution in [0.4, 0.5) is 5.69 Å². The molecule has 0 bridgehead atoms. The van der Waals surface area contributed by atoms with Crippen LogP contribution in [0.2, 0.25) is 5.02 Å². The van der Waals surface area contributed by atoms with Crippen LogP contribution < -0.4 is 14.4 Å². The summed E-state index contributed by atoms with van der Waals surface area (Å²) in [5.41, 5.74) is 1.79. The summed E-state index contributed by atoms with van der Waals surface area (Å²) in [6.45, 7) is 3.20. The maximum Gasteiger partial charge on any atom is 0.244 e. The number of methoxy groups -OCH3 is 1. The smallest absolute Gasteiger partial charge is 0.244 e. The lowest BCUT2D eigenvalue weighted by molar-refractivity contribution is -0.140. The van der Waals surface area contributed by atoms with Crippen molar-refractivity contribution in [1.29, 1.82) is 0 Å². The fourth-order valence-electron chi connectivity index (χ4n) is 4.20. The van der Waals surface area contributed by atoms with Gasteiger partial charge in [0.25, 0.3) is 0 Å². The van der Waals surface area contributed by atoms with Crippen molar-refractivity contribution in [3.8, 4) is 5.75 Å². The fraction of sp³-hybridized carbons (Fsp3) is 0.310. The van der Waals surface area contributed by atoms with Gasteiger partial charge in [-0.1, -0.05) is 66.2 Å². The number of hydrogen-bond acceptors (Lipinski definition) is 5. The Morgan fingerprint density at radius 2 is 1.59 bits per heavy atom. The summed E-state index contributed by atoms with van der Waals surface area (Å²) in [6, 6.07) is 21.9. The maximum atomic E-state index is 14.1. The van der Waals surface area contributed by atoms with Gasteiger partial charge in [-0.25, -0.2) is 8.42 Å². The number of anilines is 1. The van der Waals surface area contributed by atoms with Gasteiger partial charge in [-0.05, 0) is 49.2 Å². The van der Waals surface area contributed by atoms with Crippen LogP contribution in [0.3, 0.4) is 0 Å². The van der Waals surface area contributed by atoms with E-state index in [-0.39, 0.29) is 30.6 Å². The predicted octanol–water partition coefficient (Wildman–Crippen LogP) is 4.28. The first kappa shape index (κ1) is 30.0. The summed E-state index contributed by atoms with van der Waals surface area (Å²) >= 11 is 6.22. The molecule has 0 aliphatic rings. The number of halogens is 1. The van der Waals surface area contributed by atoms with Gasteiger partial charge in [-0.15, -0.1) is 0 Å².